The summed E-state index contributed by atoms with van der Waals surface area (Å²) >= 11 is 0. The van der Waals surface area contributed by atoms with Crippen molar-refractivity contribution in [2.45, 2.75) is 44.8 Å². The lowest BCUT2D eigenvalue weighted by molar-refractivity contribution is 0.0509. The van der Waals surface area contributed by atoms with Crippen LogP contribution < -0.4 is 0 Å². The topological polar surface area (TPSA) is 40.5 Å². The molecule has 1 saturated heterocycles. The number of aliphatic hydroxyl groups is 1. The van der Waals surface area contributed by atoms with Crippen molar-refractivity contribution in [1.82, 2.24) is 4.90 Å². The fraction of sp³-hybridized carbons (Fsp3) is 0.533. The number of benzene rings is 1. The number of carbonyl (C=O) groups excluding carboxylic acids is 1. The van der Waals surface area contributed by atoms with Crippen molar-refractivity contribution in [3.8, 4) is 0 Å². The van der Waals surface area contributed by atoms with Crippen molar-refractivity contribution in [1.29, 1.82) is 0 Å². The largest absolute Gasteiger partial charge is 0.393 e. The summed E-state index contributed by atoms with van der Waals surface area (Å²) in [4.78, 5) is 13.8. The minimum atomic E-state index is -1.63. The van der Waals surface area contributed by atoms with Crippen molar-refractivity contribution in [2.24, 2.45) is 0 Å². The van der Waals surface area contributed by atoms with E-state index in [2.05, 4.69) is 0 Å². The average molecular weight is 301 g/mol. The van der Waals surface area contributed by atoms with E-state index >= 15 is 0 Å². The number of hydrogen-bond acceptors (Lipinski definition) is 2. The summed E-state index contributed by atoms with van der Waals surface area (Å²) in [5, 5.41) is 9.49. The Morgan fingerprint density at radius 1 is 1.33 bits per heavy atom. The lowest BCUT2D eigenvalue weighted by Gasteiger charge is -2.36. The number of rotatable bonds is 3. The van der Waals surface area contributed by atoms with Gasteiger partial charge in [0.05, 0.1) is 11.7 Å². The fourth-order valence-electron chi connectivity index (χ4n) is 2.75. The first kappa shape index (κ1) is 15.8. The zero-order chi connectivity index (χ0) is 15.6. The van der Waals surface area contributed by atoms with Crippen LogP contribution in [0.1, 0.15) is 43.0 Å². The van der Waals surface area contributed by atoms with Gasteiger partial charge in [0.2, 0.25) is 0 Å². The molecular weight excluding hydrogens is 283 g/mol. The van der Waals surface area contributed by atoms with E-state index in [1.54, 1.807) is 6.92 Å². The molecule has 21 heavy (non-hydrogen) atoms. The second kappa shape index (κ2) is 6.47. The van der Waals surface area contributed by atoms with E-state index in [0.29, 0.717) is 19.4 Å². The van der Waals surface area contributed by atoms with Crippen molar-refractivity contribution < 1.29 is 23.1 Å². The van der Waals surface area contributed by atoms with Crippen molar-refractivity contribution >= 4 is 5.91 Å². The summed E-state index contributed by atoms with van der Waals surface area (Å²) in [5.41, 5.74) is -0.466. The number of halogens is 3. The van der Waals surface area contributed by atoms with Crippen molar-refractivity contribution in [3.63, 3.8) is 0 Å². The van der Waals surface area contributed by atoms with Gasteiger partial charge in [0.1, 0.15) is 0 Å². The second-order valence-electron chi connectivity index (χ2n) is 5.46. The number of carbonyl (C=O) groups is 1. The minimum absolute atomic E-state index is 0.209. The van der Waals surface area contributed by atoms with Gasteiger partial charge in [-0.05, 0) is 44.7 Å². The highest BCUT2D eigenvalue weighted by Crippen LogP contribution is 2.25. The Hall–Kier alpha value is -1.56. The first-order valence-electron chi connectivity index (χ1n) is 7.04. The van der Waals surface area contributed by atoms with Crippen LogP contribution in [0.3, 0.4) is 0 Å². The highest BCUT2D eigenvalue weighted by molar-refractivity contribution is 5.94. The number of aliphatic hydroxyl groups excluding tert-OH is 1. The standard InChI is InChI=1S/C15H18F3NO2/c1-9(20)8-10-4-2-3-7-19(10)15(21)11-5-6-12(16)14(18)13(11)17/h5-6,9-10,20H,2-4,7-8H2,1H3. The fourth-order valence-corrected chi connectivity index (χ4v) is 2.75. The Kier molecular flexibility index (Phi) is 4.88. The van der Waals surface area contributed by atoms with E-state index in [-0.39, 0.29) is 6.04 Å². The van der Waals surface area contributed by atoms with Crippen LogP contribution in [0.15, 0.2) is 12.1 Å². The molecule has 1 amide bonds. The number of piperidine rings is 1. The highest BCUT2D eigenvalue weighted by Gasteiger charge is 2.30. The molecule has 116 valence electrons. The average Bonchev–Trinajstić information content (AvgIpc) is 2.44. The van der Waals surface area contributed by atoms with Crippen LogP contribution in [-0.2, 0) is 0 Å². The Labute approximate surface area is 121 Å². The number of hydrogen-bond donors (Lipinski definition) is 1. The van der Waals surface area contributed by atoms with Crippen LogP contribution in [0, 0.1) is 17.5 Å². The van der Waals surface area contributed by atoms with E-state index in [4.69, 9.17) is 0 Å². The quantitative estimate of drug-likeness (QED) is 0.872. The Morgan fingerprint density at radius 2 is 2.05 bits per heavy atom. The van der Waals surface area contributed by atoms with E-state index in [1.807, 2.05) is 0 Å². The Bertz CT molecular complexity index is 534. The van der Waals surface area contributed by atoms with E-state index in [1.165, 1.54) is 4.90 Å². The molecule has 0 saturated carbocycles. The van der Waals surface area contributed by atoms with Crippen LogP contribution in [-0.4, -0.2) is 34.6 Å². The van der Waals surface area contributed by atoms with Gasteiger partial charge in [-0.1, -0.05) is 0 Å². The second-order valence-corrected chi connectivity index (χ2v) is 5.46. The smallest absolute Gasteiger partial charge is 0.257 e. The molecule has 1 aromatic carbocycles. The molecule has 1 aromatic rings. The first-order chi connectivity index (χ1) is 9.91. The molecule has 0 radical (unpaired) electrons. The van der Waals surface area contributed by atoms with Crippen LogP contribution in [0.5, 0.6) is 0 Å². The van der Waals surface area contributed by atoms with Gasteiger partial charge in [-0.25, -0.2) is 13.2 Å². The first-order valence-corrected chi connectivity index (χ1v) is 7.04. The molecule has 2 rings (SSSR count). The maximum Gasteiger partial charge on any atom is 0.257 e. The molecule has 2 unspecified atom stereocenters. The summed E-state index contributed by atoms with van der Waals surface area (Å²) in [6, 6.07) is 1.50. The monoisotopic (exact) mass is 301 g/mol. The molecular formula is C15H18F3NO2. The molecule has 0 aliphatic carbocycles. The van der Waals surface area contributed by atoms with Gasteiger partial charge in [-0.3, -0.25) is 4.79 Å². The Morgan fingerprint density at radius 3 is 2.71 bits per heavy atom. The predicted molar refractivity (Wildman–Crippen MR) is 71.3 cm³/mol. The van der Waals surface area contributed by atoms with Crippen LogP contribution >= 0.6 is 0 Å². The van der Waals surface area contributed by atoms with E-state index < -0.39 is 35.0 Å². The summed E-state index contributed by atoms with van der Waals surface area (Å²) in [5.74, 6) is -5.06. The van der Waals surface area contributed by atoms with E-state index in [9.17, 15) is 23.1 Å². The van der Waals surface area contributed by atoms with Gasteiger partial charge < -0.3 is 10.0 Å². The van der Waals surface area contributed by atoms with Gasteiger partial charge >= 0.3 is 0 Å². The van der Waals surface area contributed by atoms with E-state index in [0.717, 1.165) is 25.0 Å². The lowest BCUT2D eigenvalue weighted by atomic mass is 9.96. The van der Waals surface area contributed by atoms with Crippen LogP contribution in [0.4, 0.5) is 13.2 Å². The summed E-state index contributed by atoms with van der Waals surface area (Å²) < 4.78 is 40.0. The molecule has 0 aromatic heterocycles. The maximum atomic E-state index is 13.7. The molecule has 0 bridgehead atoms. The minimum Gasteiger partial charge on any atom is -0.393 e. The number of amides is 1. The summed E-state index contributed by atoms with van der Waals surface area (Å²) in [7, 11) is 0. The molecule has 2 atom stereocenters. The molecule has 1 heterocycles. The normalized spacial score (nSPS) is 20.4. The SMILES string of the molecule is CC(O)CC1CCCCN1C(=O)c1ccc(F)c(F)c1F. The molecule has 6 heteroatoms. The van der Waals surface area contributed by atoms with Crippen molar-refractivity contribution in [2.75, 3.05) is 6.54 Å². The maximum absolute atomic E-state index is 13.7. The third-order valence-electron chi connectivity index (χ3n) is 3.77. The zero-order valence-electron chi connectivity index (χ0n) is 11.8. The molecule has 1 aliphatic heterocycles. The van der Waals surface area contributed by atoms with Gasteiger partial charge in [-0.15, -0.1) is 0 Å². The molecule has 0 spiro atoms. The molecule has 1 aliphatic rings. The molecule has 1 N–H and O–H groups in total. The van der Waals surface area contributed by atoms with Gasteiger partial charge in [0, 0.05) is 12.6 Å². The van der Waals surface area contributed by atoms with Gasteiger partial charge in [0.25, 0.3) is 5.91 Å². The van der Waals surface area contributed by atoms with Gasteiger partial charge in [-0.2, -0.15) is 0 Å². The predicted octanol–water partition coefficient (Wildman–Crippen LogP) is 2.87. The third kappa shape index (κ3) is 3.37. The number of likely N-dealkylation sites (tertiary alicyclic amines) is 1. The van der Waals surface area contributed by atoms with Crippen molar-refractivity contribution in [3.05, 3.63) is 35.1 Å². The summed E-state index contributed by atoms with van der Waals surface area (Å²) in [6.07, 6.45) is 2.20. The highest BCUT2D eigenvalue weighted by atomic mass is 19.2. The number of nitrogens with zero attached hydrogens (tertiary/aromatic N) is 1. The molecule has 1 fully saturated rings. The summed E-state index contributed by atoms with van der Waals surface area (Å²) in [6.45, 7) is 2.05. The molecule has 3 nitrogen and oxygen atoms in total. The van der Waals surface area contributed by atoms with Gasteiger partial charge in [0.15, 0.2) is 17.5 Å². The Balaban J connectivity index is 2.27. The van der Waals surface area contributed by atoms with Crippen LogP contribution in [0.25, 0.3) is 0 Å². The zero-order valence-corrected chi connectivity index (χ0v) is 11.8. The van der Waals surface area contributed by atoms with Crippen LogP contribution in [0.2, 0.25) is 0 Å². The lowest BCUT2D eigenvalue weighted by Crippen LogP contribution is -2.45. The third-order valence-corrected chi connectivity index (χ3v) is 3.77.